The fourth-order valence-corrected chi connectivity index (χ4v) is 1.85. The number of hydrogen-bond acceptors (Lipinski definition) is 4. The molecule has 0 aliphatic heterocycles. The number of hydrogen-bond donors (Lipinski definition) is 3. The number of carboxylic acid groups (broad SMARTS) is 1. The molecule has 106 valence electrons. The maximum absolute atomic E-state index is 10.4. The van der Waals surface area contributed by atoms with Gasteiger partial charge in [-0.1, -0.05) is 24.3 Å². The molecule has 0 fully saturated rings. The molecule has 0 amide bonds. The molecule has 2 aromatic rings. The van der Waals surface area contributed by atoms with Gasteiger partial charge < -0.3 is 14.6 Å². The molecule has 0 unspecified atom stereocenters. The van der Waals surface area contributed by atoms with E-state index in [-0.39, 0.29) is 6.54 Å². The van der Waals surface area contributed by atoms with Crippen LogP contribution in [-0.4, -0.2) is 22.7 Å². The standard InChI is InChI=1S/C15H17NO4/c1-10(17)11-2-4-12(5-3-11)14-7-6-13(20-14)8-16-9-15(18)19/h2-7,10,16-17H,8-9H2,1H3,(H,18,19)/t10-/m0/s1. The van der Waals surface area contributed by atoms with Gasteiger partial charge in [0.2, 0.25) is 0 Å². The van der Waals surface area contributed by atoms with Gasteiger partial charge in [-0.05, 0) is 24.6 Å². The number of aliphatic carboxylic acids is 1. The normalized spacial score (nSPS) is 12.3. The molecule has 1 aromatic carbocycles. The zero-order chi connectivity index (χ0) is 14.5. The molecular weight excluding hydrogens is 258 g/mol. The summed E-state index contributed by atoms with van der Waals surface area (Å²) in [7, 11) is 0. The molecule has 3 N–H and O–H groups in total. The van der Waals surface area contributed by atoms with Crippen LogP contribution in [-0.2, 0) is 11.3 Å². The number of furan rings is 1. The molecule has 1 aromatic heterocycles. The van der Waals surface area contributed by atoms with Crippen LogP contribution in [0.2, 0.25) is 0 Å². The molecule has 5 heteroatoms. The van der Waals surface area contributed by atoms with Gasteiger partial charge >= 0.3 is 5.97 Å². The van der Waals surface area contributed by atoms with E-state index in [0.29, 0.717) is 18.1 Å². The number of carboxylic acids is 1. The lowest BCUT2D eigenvalue weighted by Gasteiger charge is -2.05. The Bertz CT molecular complexity index is 572. The third kappa shape index (κ3) is 3.69. The SMILES string of the molecule is C[C@H](O)c1ccc(-c2ccc(CNCC(=O)O)o2)cc1. The van der Waals surface area contributed by atoms with E-state index in [4.69, 9.17) is 9.52 Å². The lowest BCUT2D eigenvalue weighted by molar-refractivity contribution is -0.136. The topological polar surface area (TPSA) is 82.7 Å². The molecule has 0 spiro atoms. The third-order valence-corrected chi connectivity index (χ3v) is 2.91. The van der Waals surface area contributed by atoms with Gasteiger partial charge in [-0.25, -0.2) is 0 Å². The molecular formula is C15H17NO4. The van der Waals surface area contributed by atoms with Crippen molar-refractivity contribution in [1.29, 1.82) is 0 Å². The highest BCUT2D eigenvalue weighted by Gasteiger charge is 2.06. The second kappa shape index (κ2) is 6.36. The van der Waals surface area contributed by atoms with Crippen molar-refractivity contribution >= 4 is 5.97 Å². The average Bonchev–Trinajstić information content (AvgIpc) is 2.87. The highest BCUT2D eigenvalue weighted by Crippen LogP contribution is 2.24. The zero-order valence-corrected chi connectivity index (χ0v) is 11.2. The van der Waals surface area contributed by atoms with Crippen molar-refractivity contribution in [2.24, 2.45) is 0 Å². The third-order valence-electron chi connectivity index (χ3n) is 2.91. The summed E-state index contributed by atoms with van der Waals surface area (Å²) in [4.78, 5) is 10.4. The van der Waals surface area contributed by atoms with Crippen LogP contribution in [0.15, 0.2) is 40.8 Å². The van der Waals surface area contributed by atoms with Gasteiger partial charge in [0.25, 0.3) is 0 Å². The van der Waals surface area contributed by atoms with Crippen LogP contribution in [0.25, 0.3) is 11.3 Å². The monoisotopic (exact) mass is 275 g/mol. The largest absolute Gasteiger partial charge is 0.480 e. The fourth-order valence-electron chi connectivity index (χ4n) is 1.85. The molecule has 0 radical (unpaired) electrons. The van der Waals surface area contributed by atoms with Crippen molar-refractivity contribution in [3.05, 3.63) is 47.7 Å². The molecule has 1 heterocycles. The first-order chi connectivity index (χ1) is 9.56. The summed E-state index contributed by atoms with van der Waals surface area (Å²) >= 11 is 0. The lowest BCUT2D eigenvalue weighted by Crippen LogP contribution is -2.21. The van der Waals surface area contributed by atoms with E-state index in [9.17, 15) is 9.90 Å². The first kappa shape index (κ1) is 14.3. The van der Waals surface area contributed by atoms with Gasteiger partial charge in [-0.2, -0.15) is 0 Å². The van der Waals surface area contributed by atoms with Gasteiger partial charge in [-0.15, -0.1) is 0 Å². The maximum atomic E-state index is 10.4. The Morgan fingerprint density at radius 3 is 2.55 bits per heavy atom. The second-order valence-electron chi connectivity index (χ2n) is 4.56. The average molecular weight is 275 g/mol. The van der Waals surface area contributed by atoms with Crippen molar-refractivity contribution in [2.75, 3.05) is 6.54 Å². The Morgan fingerprint density at radius 2 is 1.95 bits per heavy atom. The predicted octanol–water partition coefficient (Wildman–Crippen LogP) is 2.17. The first-order valence-corrected chi connectivity index (χ1v) is 6.36. The molecule has 2 rings (SSSR count). The van der Waals surface area contributed by atoms with Gasteiger partial charge in [0.1, 0.15) is 11.5 Å². The van der Waals surface area contributed by atoms with Gasteiger partial charge in [-0.3, -0.25) is 10.1 Å². The minimum absolute atomic E-state index is 0.0981. The smallest absolute Gasteiger partial charge is 0.317 e. The Morgan fingerprint density at radius 1 is 1.25 bits per heavy atom. The Hall–Kier alpha value is -2.11. The Labute approximate surface area is 116 Å². The number of benzene rings is 1. The molecule has 0 aliphatic carbocycles. The molecule has 1 atom stereocenters. The maximum Gasteiger partial charge on any atom is 0.317 e. The van der Waals surface area contributed by atoms with E-state index < -0.39 is 12.1 Å². The summed E-state index contributed by atoms with van der Waals surface area (Å²) in [6, 6.07) is 11.1. The molecule has 0 saturated carbocycles. The Balaban J connectivity index is 2.02. The number of rotatable bonds is 6. The molecule has 20 heavy (non-hydrogen) atoms. The zero-order valence-electron chi connectivity index (χ0n) is 11.2. The highest BCUT2D eigenvalue weighted by atomic mass is 16.4. The molecule has 0 saturated heterocycles. The van der Waals surface area contributed by atoms with Crippen LogP contribution < -0.4 is 5.32 Å². The van der Waals surface area contributed by atoms with Crippen molar-refractivity contribution in [2.45, 2.75) is 19.6 Å². The van der Waals surface area contributed by atoms with E-state index in [1.54, 1.807) is 6.92 Å². The molecule has 0 aliphatic rings. The Kier molecular flexibility index (Phi) is 4.55. The van der Waals surface area contributed by atoms with E-state index in [1.165, 1.54) is 0 Å². The summed E-state index contributed by atoms with van der Waals surface area (Å²) in [5.74, 6) is 0.501. The van der Waals surface area contributed by atoms with Crippen molar-refractivity contribution in [3.63, 3.8) is 0 Å². The minimum Gasteiger partial charge on any atom is -0.480 e. The summed E-state index contributed by atoms with van der Waals surface area (Å²) in [6.07, 6.45) is -0.489. The molecule has 5 nitrogen and oxygen atoms in total. The summed E-state index contributed by atoms with van der Waals surface area (Å²) in [5.41, 5.74) is 1.77. The van der Waals surface area contributed by atoms with Crippen LogP contribution in [0.5, 0.6) is 0 Å². The number of nitrogens with one attached hydrogen (secondary N) is 1. The van der Waals surface area contributed by atoms with Crippen molar-refractivity contribution in [3.8, 4) is 11.3 Å². The van der Waals surface area contributed by atoms with Gasteiger partial charge in [0.05, 0.1) is 19.2 Å². The summed E-state index contributed by atoms with van der Waals surface area (Å²) < 4.78 is 5.63. The van der Waals surface area contributed by atoms with Crippen LogP contribution >= 0.6 is 0 Å². The lowest BCUT2D eigenvalue weighted by atomic mass is 10.1. The van der Waals surface area contributed by atoms with E-state index in [2.05, 4.69) is 5.32 Å². The number of aliphatic hydroxyl groups excluding tert-OH is 1. The van der Waals surface area contributed by atoms with Crippen LogP contribution in [0, 0.1) is 0 Å². The van der Waals surface area contributed by atoms with Crippen LogP contribution in [0.4, 0.5) is 0 Å². The second-order valence-corrected chi connectivity index (χ2v) is 4.56. The predicted molar refractivity (Wildman–Crippen MR) is 74.1 cm³/mol. The highest BCUT2D eigenvalue weighted by molar-refractivity contribution is 5.69. The van der Waals surface area contributed by atoms with Crippen molar-refractivity contribution in [1.82, 2.24) is 5.32 Å². The number of aliphatic hydroxyl groups is 1. The summed E-state index contributed by atoms with van der Waals surface area (Å²) in [5, 5.41) is 20.7. The quantitative estimate of drug-likeness (QED) is 0.752. The van der Waals surface area contributed by atoms with Gasteiger partial charge in [0, 0.05) is 5.56 Å². The number of carbonyl (C=O) groups is 1. The van der Waals surface area contributed by atoms with E-state index in [0.717, 1.165) is 11.1 Å². The van der Waals surface area contributed by atoms with Gasteiger partial charge in [0.15, 0.2) is 0 Å². The fraction of sp³-hybridized carbons (Fsp3) is 0.267. The van der Waals surface area contributed by atoms with Crippen LogP contribution in [0.3, 0.4) is 0 Å². The minimum atomic E-state index is -0.898. The van der Waals surface area contributed by atoms with Crippen LogP contribution in [0.1, 0.15) is 24.4 Å². The molecule has 0 bridgehead atoms. The first-order valence-electron chi connectivity index (χ1n) is 6.36. The van der Waals surface area contributed by atoms with Crippen molar-refractivity contribution < 1.29 is 19.4 Å². The van der Waals surface area contributed by atoms with E-state index in [1.807, 2.05) is 36.4 Å². The summed E-state index contributed by atoms with van der Waals surface area (Å²) in [6.45, 7) is 1.99. The van der Waals surface area contributed by atoms with E-state index >= 15 is 0 Å².